The molecule has 25 heavy (non-hydrogen) atoms. The number of aromatic nitrogens is 1. The van der Waals surface area contributed by atoms with Gasteiger partial charge in [-0.3, -0.25) is 15.1 Å². The van der Waals surface area contributed by atoms with Crippen LogP contribution in [0.1, 0.15) is 51.5 Å². The van der Waals surface area contributed by atoms with E-state index in [1.807, 2.05) is 5.38 Å². The number of hydrogen-bond donors (Lipinski definition) is 2. The van der Waals surface area contributed by atoms with Crippen LogP contribution in [-0.4, -0.2) is 24.4 Å². The first-order chi connectivity index (χ1) is 12.3. The molecule has 3 heterocycles. The summed E-state index contributed by atoms with van der Waals surface area (Å²) in [6.45, 7) is 2.04. The molecule has 2 aliphatic rings. The Morgan fingerprint density at radius 2 is 2.16 bits per heavy atom. The average Bonchev–Trinajstić information content (AvgIpc) is 3.31. The topological polar surface area (TPSA) is 63.2 Å². The van der Waals surface area contributed by atoms with E-state index in [-0.39, 0.29) is 11.1 Å². The van der Waals surface area contributed by atoms with Gasteiger partial charge in [0.25, 0.3) is 0 Å². The zero-order valence-electron chi connectivity index (χ0n) is 13.5. The Bertz CT molecular complexity index is 814. The molecular formula is C18H18FN3O2S. The van der Waals surface area contributed by atoms with Gasteiger partial charge in [0, 0.05) is 22.4 Å². The summed E-state index contributed by atoms with van der Waals surface area (Å²) >= 11 is 1.65. The van der Waals surface area contributed by atoms with E-state index in [1.54, 1.807) is 23.5 Å². The largest absolute Gasteiger partial charge is 0.317 e. The van der Waals surface area contributed by atoms with Gasteiger partial charge in [-0.15, -0.1) is 11.3 Å². The van der Waals surface area contributed by atoms with Crippen LogP contribution in [-0.2, 0) is 4.84 Å². The van der Waals surface area contributed by atoms with Crippen LogP contribution in [0.3, 0.4) is 0 Å². The molecule has 0 bridgehead atoms. The van der Waals surface area contributed by atoms with E-state index < -0.39 is 11.9 Å². The standard InChI is InChI=1S/C18H18FN3O2S/c19-13-3-1-2-12(9-23)17(13)16-8-14(22-24-16)15-10-25-18(21-15)11-4-6-20-7-5-11/h1-3,8-11,16,20,22H,4-7H2. The highest BCUT2D eigenvalue weighted by Gasteiger charge is 2.26. The minimum absolute atomic E-state index is 0.244. The van der Waals surface area contributed by atoms with Crippen molar-refractivity contribution in [3.63, 3.8) is 0 Å². The van der Waals surface area contributed by atoms with Crippen LogP contribution < -0.4 is 10.8 Å². The Morgan fingerprint density at radius 1 is 1.32 bits per heavy atom. The van der Waals surface area contributed by atoms with Crippen molar-refractivity contribution >= 4 is 23.3 Å². The fourth-order valence-corrected chi connectivity index (χ4v) is 4.24. The fourth-order valence-electron chi connectivity index (χ4n) is 3.25. The monoisotopic (exact) mass is 359 g/mol. The number of hydrogen-bond acceptors (Lipinski definition) is 6. The summed E-state index contributed by atoms with van der Waals surface area (Å²) in [4.78, 5) is 21.4. The Labute approximate surface area is 148 Å². The molecule has 0 aliphatic carbocycles. The quantitative estimate of drug-likeness (QED) is 0.821. The van der Waals surface area contributed by atoms with Gasteiger partial charge in [0.15, 0.2) is 6.29 Å². The first kappa shape index (κ1) is 16.4. The second kappa shape index (κ2) is 7.03. The lowest BCUT2D eigenvalue weighted by Crippen LogP contribution is -2.26. The SMILES string of the molecule is O=Cc1cccc(F)c1C1C=C(c2csc(C3CCNCC3)n2)NO1. The van der Waals surface area contributed by atoms with Crippen molar-refractivity contribution in [3.05, 3.63) is 57.3 Å². The van der Waals surface area contributed by atoms with Gasteiger partial charge in [0.05, 0.1) is 16.4 Å². The molecular weight excluding hydrogens is 341 g/mol. The first-order valence-corrected chi connectivity index (χ1v) is 9.18. The number of piperidine rings is 1. The summed E-state index contributed by atoms with van der Waals surface area (Å²) in [7, 11) is 0. The van der Waals surface area contributed by atoms with Crippen molar-refractivity contribution in [2.24, 2.45) is 0 Å². The number of halogens is 1. The molecule has 5 nitrogen and oxygen atoms in total. The fraction of sp³-hybridized carbons (Fsp3) is 0.333. The van der Waals surface area contributed by atoms with Crippen LogP contribution in [0.5, 0.6) is 0 Å². The number of carbonyl (C=O) groups is 1. The number of benzene rings is 1. The zero-order valence-corrected chi connectivity index (χ0v) is 14.3. The third-order valence-electron chi connectivity index (χ3n) is 4.60. The van der Waals surface area contributed by atoms with Crippen molar-refractivity contribution in [1.82, 2.24) is 15.8 Å². The molecule has 1 unspecified atom stereocenters. The number of aldehydes is 1. The van der Waals surface area contributed by atoms with Crippen LogP contribution in [0.2, 0.25) is 0 Å². The molecule has 0 amide bonds. The highest BCUT2D eigenvalue weighted by atomic mass is 32.1. The Hall–Kier alpha value is -2.09. The van der Waals surface area contributed by atoms with Gasteiger partial charge in [0.2, 0.25) is 0 Å². The van der Waals surface area contributed by atoms with E-state index in [2.05, 4.69) is 10.8 Å². The number of nitrogens with one attached hydrogen (secondary N) is 2. The minimum atomic E-state index is -0.652. The molecule has 2 N–H and O–H groups in total. The molecule has 1 atom stereocenters. The van der Waals surface area contributed by atoms with Crippen molar-refractivity contribution in [2.75, 3.05) is 13.1 Å². The lowest BCUT2D eigenvalue weighted by molar-refractivity contribution is 0.0484. The van der Waals surface area contributed by atoms with E-state index in [4.69, 9.17) is 9.82 Å². The summed E-state index contributed by atoms with van der Waals surface area (Å²) < 4.78 is 14.2. The van der Waals surface area contributed by atoms with Crippen molar-refractivity contribution in [3.8, 4) is 0 Å². The number of carbonyl (C=O) groups excluding carboxylic acids is 1. The number of rotatable bonds is 4. The Balaban J connectivity index is 1.58. The van der Waals surface area contributed by atoms with Gasteiger partial charge in [-0.2, -0.15) is 0 Å². The van der Waals surface area contributed by atoms with Gasteiger partial charge < -0.3 is 5.32 Å². The molecule has 1 aromatic carbocycles. The Kier molecular flexibility index (Phi) is 4.61. The van der Waals surface area contributed by atoms with Crippen molar-refractivity contribution < 1.29 is 14.0 Å². The Morgan fingerprint density at radius 3 is 2.96 bits per heavy atom. The summed E-state index contributed by atoms with van der Waals surface area (Å²) in [6.07, 6.45) is 3.95. The van der Waals surface area contributed by atoms with Crippen LogP contribution in [0.15, 0.2) is 29.7 Å². The molecule has 130 valence electrons. The van der Waals surface area contributed by atoms with Crippen LogP contribution in [0, 0.1) is 5.82 Å². The maximum absolute atomic E-state index is 14.2. The predicted molar refractivity (Wildman–Crippen MR) is 93.7 cm³/mol. The molecule has 0 spiro atoms. The number of thiazole rings is 1. The van der Waals surface area contributed by atoms with E-state index in [0.717, 1.165) is 36.6 Å². The van der Waals surface area contributed by atoms with Gasteiger partial charge in [0.1, 0.15) is 11.9 Å². The number of nitrogens with zero attached hydrogens (tertiary/aromatic N) is 1. The van der Waals surface area contributed by atoms with Gasteiger partial charge in [-0.05, 0) is 38.1 Å². The normalized spacial score (nSPS) is 21.0. The van der Waals surface area contributed by atoms with Crippen LogP contribution in [0.4, 0.5) is 4.39 Å². The smallest absolute Gasteiger partial charge is 0.150 e. The summed E-state index contributed by atoms with van der Waals surface area (Å²) in [5, 5.41) is 6.47. The molecule has 2 aliphatic heterocycles. The molecule has 1 saturated heterocycles. The lowest BCUT2D eigenvalue weighted by Gasteiger charge is -2.20. The molecule has 2 aromatic rings. The van der Waals surface area contributed by atoms with E-state index in [0.29, 0.717) is 17.9 Å². The van der Waals surface area contributed by atoms with Crippen LogP contribution in [0.25, 0.3) is 5.70 Å². The second-order valence-corrected chi connectivity index (χ2v) is 7.07. The van der Waals surface area contributed by atoms with Crippen LogP contribution >= 0.6 is 11.3 Å². The molecule has 0 radical (unpaired) electrons. The van der Waals surface area contributed by atoms with Gasteiger partial charge >= 0.3 is 0 Å². The highest BCUT2D eigenvalue weighted by molar-refractivity contribution is 7.09. The highest BCUT2D eigenvalue weighted by Crippen LogP contribution is 2.34. The van der Waals surface area contributed by atoms with E-state index in [1.165, 1.54) is 12.1 Å². The second-order valence-electron chi connectivity index (χ2n) is 6.18. The van der Waals surface area contributed by atoms with E-state index in [9.17, 15) is 9.18 Å². The third kappa shape index (κ3) is 3.22. The summed E-state index contributed by atoms with van der Waals surface area (Å²) in [5.41, 5.74) is 4.87. The molecule has 1 fully saturated rings. The summed E-state index contributed by atoms with van der Waals surface area (Å²) in [5.74, 6) is 0.0366. The maximum atomic E-state index is 14.2. The molecule has 0 saturated carbocycles. The average molecular weight is 359 g/mol. The maximum Gasteiger partial charge on any atom is 0.150 e. The minimum Gasteiger partial charge on any atom is -0.317 e. The molecule has 7 heteroatoms. The van der Waals surface area contributed by atoms with Gasteiger partial charge in [-0.1, -0.05) is 12.1 Å². The number of hydroxylamine groups is 1. The van der Waals surface area contributed by atoms with Gasteiger partial charge in [-0.25, -0.2) is 9.37 Å². The van der Waals surface area contributed by atoms with Crippen molar-refractivity contribution in [1.29, 1.82) is 0 Å². The van der Waals surface area contributed by atoms with Crippen molar-refractivity contribution in [2.45, 2.75) is 24.9 Å². The predicted octanol–water partition coefficient (Wildman–Crippen LogP) is 3.18. The van der Waals surface area contributed by atoms with E-state index >= 15 is 0 Å². The third-order valence-corrected chi connectivity index (χ3v) is 5.61. The lowest BCUT2D eigenvalue weighted by atomic mass is 9.99. The molecule has 4 rings (SSSR count). The molecule has 1 aromatic heterocycles. The zero-order chi connectivity index (χ0) is 17.2. The summed E-state index contributed by atoms with van der Waals surface area (Å²) in [6, 6.07) is 4.43. The first-order valence-electron chi connectivity index (χ1n) is 8.30.